The minimum Gasteiger partial charge on any atom is -0.468 e. The van der Waals surface area contributed by atoms with Gasteiger partial charge >= 0.3 is 0 Å². The molecule has 2 aromatic rings. The molecular weight excluding hydrogens is 236 g/mol. The van der Waals surface area contributed by atoms with Gasteiger partial charge in [-0.25, -0.2) is 0 Å². The van der Waals surface area contributed by atoms with Crippen molar-refractivity contribution in [1.29, 1.82) is 0 Å². The van der Waals surface area contributed by atoms with Crippen LogP contribution in [0.25, 0.3) is 0 Å². The minimum absolute atomic E-state index is 0.491. The molecule has 1 atom stereocenters. The maximum Gasteiger partial charge on any atom is 0.117 e. The van der Waals surface area contributed by atoms with Crippen molar-refractivity contribution in [2.45, 2.75) is 39.9 Å². The molecule has 0 fully saturated rings. The Balaban J connectivity index is 2.10. The molecule has 102 valence electrons. The molecule has 0 aliphatic rings. The molecule has 3 heteroatoms. The Labute approximate surface area is 115 Å². The zero-order chi connectivity index (χ0) is 13.7. The zero-order valence-corrected chi connectivity index (χ0v) is 11.9. The summed E-state index contributed by atoms with van der Waals surface area (Å²) in [6.07, 6.45) is 5.48. The summed E-state index contributed by atoms with van der Waals surface area (Å²) in [6, 6.07) is 8.57. The van der Waals surface area contributed by atoms with Gasteiger partial charge in [-0.1, -0.05) is 19.9 Å². The lowest BCUT2D eigenvalue weighted by molar-refractivity contribution is 0.140. The average Bonchev–Trinajstić information content (AvgIpc) is 2.91. The standard InChI is InChI=1S/C16H22N2O/c1-13(2)14(3)18(12-16-7-5-9-19-16)11-15-6-4-8-17-10-15/h4-10,13-14H,11-12H2,1-3H3/t14-/m1/s1. The van der Waals surface area contributed by atoms with Gasteiger partial charge in [0.05, 0.1) is 12.8 Å². The molecule has 0 unspecified atom stereocenters. The first-order chi connectivity index (χ1) is 9.16. The first kappa shape index (κ1) is 13.8. The van der Waals surface area contributed by atoms with E-state index in [2.05, 4.69) is 36.7 Å². The van der Waals surface area contributed by atoms with Gasteiger partial charge < -0.3 is 4.42 Å². The summed E-state index contributed by atoms with van der Waals surface area (Å²) in [5, 5.41) is 0. The number of hydrogen-bond donors (Lipinski definition) is 0. The highest BCUT2D eigenvalue weighted by Gasteiger charge is 2.18. The van der Waals surface area contributed by atoms with Crippen molar-refractivity contribution < 1.29 is 4.42 Å². The van der Waals surface area contributed by atoms with Gasteiger partial charge in [-0.2, -0.15) is 0 Å². The van der Waals surface area contributed by atoms with E-state index in [1.165, 1.54) is 5.56 Å². The third-order valence-electron chi connectivity index (χ3n) is 3.59. The molecule has 0 saturated carbocycles. The second kappa shape index (κ2) is 6.53. The van der Waals surface area contributed by atoms with Gasteiger partial charge in [0, 0.05) is 25.0 Å². The Kier molecular flexibility index (Phi) is 4.74. The van der Waals surface area contributed by atoms with E-state index < -0.39 is 0 Å². The lowest BCUT2D eigenvalue weighted by Crippen LogP contribution is -2.35. The highest BCUT2D eigenvalue weighted by molar-refractivity contribution is 5.09. The molecule has 0 radical (unpaired) electrons. The van der Waals surface area contributed by atoms with Crippen LogP contribution in [0.1, 0.15) is 32.1 Å². The summed E-state index contributed by atoms with van der Waals surface area (Å²) < 4.78 is 5.47. The fourth-order valence-corrected chi connectivity index (χ4v) is 2.09. The fourth-order valence-electron chi connectivity index (χ4n) is 2.09. The average molecular weight is 258 g/mol. The van der Waals surface area contributed by atoms with Crippen molar-refractivity contribution in [3.05, 3.63) is 54.2 Å². The smallest absolute Gasteiger partial charge is 0.117 e. The molecule has 0 aliphatic carbocycles. The molecule has 0 bridgehead atoms. The van der Waals surface area contributed by atoms with Crippen molar-refractivity contribution in [3.63, 3.8) is 0 Å². The summed E-state index contributed by atoms with van der Waals surface area (Å²) in [6.45, 7) is 8.51. The van der Waals surface area contributed by atoms with Gasteiger partial charge in [0.1, 0.15) is 5.76 Å². The number of rotatable bonds is 6. The van der Waals surface area contributed by atoms with E-state index >= 15 is 0 Å². The van der Waals surface area contributed by atoms with Crippen LogP contribution in [0, 0.1) is 5.92 Å². The van der Waals surface area contributed by atoms with Crippen molar-refractivity contribution in [1.82, 2.24) is 9.88 Å². The molecular formula is C16H22N2O. The van der Waals surface area contributed by atoms with Crippen molar-refractivity contribution in [2.24, 2.45) is 5.92 Å². The van der Waals surface area contributed by atoms with Gasteiger partial charge in [-0.3, -0.25) is 9.88 Å². The Morgan fingerprint density at radius 2 is 2.00 bits per heavy atom. The molecule has 0 N–H and O–H groups in total. The van der Waals surface area contributed by atoms with E-state index in [1.54, 1.807) is 6.26 Å². The van der Waals surface area contributed by atoms with E-state index in [4.69, 9.17) is 4.42 Å². The van der Waals surface area contributed by atoms with E-state index in [0.717, 1.165) is 18.8 Å². The van der Waals surface area contributed by atoms with Gasteiger partial charge in [-0.15, -0.1) is 0 Å². The maximum atomic E-state index is 5.47. The Hall–Kier alpha value is -1.61. The normalized spacial score (nSPS) is 13.1. The second-order valence-corrected chi connectivity index (χ2v) is 5.33. The Bertz CT molecular complexity index is 465. The molecule has 2 heterocycles. The van der Waals surface area contributed by atoms with Crippen LogP contribution in [-0.2, 0) is 13.1 Å². The molecule has 3 nitrogen and oxygen atoms in total. The number of pyridine rings is 1. The largest absolute Gasteiger partial charge is 0.468 e. The SMILES string of the molecule is CC(C)[C@@H](C)N(Cc1cccnc1)Cc1ccco1. The highest BCUT2D eigenvalue weighted by atomic mass is 16.3. The fraction of sp³-hybridized carbons (Fsp3) is 0.438. The lowest BCUT2D eigenvalue weighted by atomic mass is 10.0. The predicted octanol–water partition coefficient (Wildman–Crippen LogP) is 3.72. The van der Waals surface area contributed by atoms with Crippen LogP contribution >= 0.6 is 0 Å². The summed E-state index contributed by atoms with van der Waals surface area (Å²) in [7, 11) is 0. The summed E-state index contributed by atoms with van der Waals surface area (Å²) in [5.74, 6) is 1.61. The molecule has 2 rings (SSSR count). The van der Waals surface area contributed by atoms with Crippen LogP contribution in [-0.4, -0.2) is 15.9 Å². The summed E-state index contributed by atoms with van der Waals surface area (Å²) in [4.78, 5) is 6.62. The van der Waals surface area contributed by atoms with E-state index in [1.807, 2.05) is 30.6 Å². The van der Waals surface area contributed by atoms with E-state index in [0.29, 0.717) is 12.0 Å². The van der Waals surface area contributed by atoms with Crippen molar-refractivity contribution in [3.8, 4) is 0 Å². The van der Waals surface area contributed by atoms with Crippen LogP contribution in [0.15, 0.2) is 47.3 Å². The number of furan rings is 1. The van der Waals surface area contributed by atoms with Crippen molar-refractivity contribution in [2.75, 3.05) is 0 Å². The minimum atomic E-state index is 0.491. The monoisotopic (exact) mass is 258 g/mol. The van der Waals surface area contributed by atoms with E-state index in [-0.39, 0.29) is 0 Å². The molecule has 0 aromatic carbocycles. The predicted molar refractivity (Wildman–Crippen MR) is 76.5 cm³/mol. The van der Waals surface area contributed by atoms with Crippen LogP contribution in [0.5, 0.6) is 0 Å². The van der Waals surface area contributed by atoms with Crippen LogP contribution < -0.4 is 0 Å². The first-order valence-corrected chi connectivity index (χ1v) is 6.82. The second-order valence-electron chi connectivity index (χ2n) is 5.33. The zero-order valence-electron chi connectivity index (χ0n) is 11.9. The summed E-state index contributed by atoms with van der Waals surface area (Å²) in [5.41, 5.74) is 1.24. The molecule has 0 aliphatic heterocycles. The van der Waals surface area contributed by atoms with Crippen LogP contribution in [0.2, 0.25) is 0 Å². The number of aromatic nitrogens is 1. The molecule has 0 spiro atoms. The van der Waals surface area contributed by atoms with Gasteiger partial charge in [0.15, 0.2) is 0 Å². The van der Waals surface area contributed by atoms with Gasteiger partial charge in [0.25, 0.3) is 0 Å². The Morgan fingerprint density at radius 3 is 2.58 bits per heavy atom. The van der Waals surface area contributed by atoms with E-state index in [9.17, 15) is 0 Å². The van der Waals surface area contributed by atoms with Gasteiger partial charge in [-0.05, 0) is 36.6 Å². The maximum absolute atomic E-state index is 5.47. The topological polar surface area (TPSA) is 29.3 Å². The summed E-state index contributed by atoms with van der Waals surface area (Å²) >= 11 is 0. The van der Waals surface area contributed by atoms with Crippen LogP contribution in [0.4, 0.5) is 0 Å². The molecule has 0 saturated heterocycles. The number of hydrogen-bond acceptors (Lipinski definition) is 3. The quantitative estimate of drug-likeness (QED) is 0.790. The highest BCUT2D eigenvalue weighted by Crippen LogP contribution is 2.17. The number of nitrogens with zero attached hydrogens (tertiary/aromatic N) is 2. The molecule has 2 aromatic heterocycles. The molecule has 19 heavy (non-hydrogen) atoms. The first-order valence-electron chi connectivity index (χ1n) is 6.82. The van der Waals surface area contributed by atoms with Gasteiger partial charge in [0.2, 0.25) is 0 Å². The third kappa shape index (κ3) is 3.93. The lowest BCUT2D eigenvalue weighted by Gasteiger charge is -2.31. The Morgan fingerprint density at radius 1 is 1.16 bits per heavy atom. The molecule has 0 amide bonds. The van der Waals surface area contributed by atoms with Crippen LogP contribution in [0.3, 0.4) is 0 Å². The van der Waals surface area contributed by atoms with Crippen molar-refractivity contribution >= 4 is 0 Å². The third-order valence-corrected chi connectivity index (χ3v) is 3.59.